The zero-order chi connectivity index (χ0) is 10.6. The molecule has 14 heavy (non-hydrogen) atoms. The van der Waals surface area contributed by atoms with Crippen molar-refractivity contribution in [3.8, 4) is 0 Å². The van der Waals surface area contributed by atoms with Crippen LogP contribution >= 0.6 is 0 Å². The van der Waals surface area contributed by atoms with Crippen LogP contribution in [0.4, 0.5) is 5.69 Å². The molecule has 0 heterocycles. The van der Waals surface area contributed by atoms with E-state index in [4.69, 9.17) is 4.43 Å². The predicted molar refractivity (Wildman–Crippen MR) is 58.3 cm³/mol. The van der Waals surface area contributed by atoms with Gasteiger partial charge in [-0.15, -0.1) is 0 Å². The molecule has 0 aromatic heterocycles. The van der Waals surface area contributed by atoms with Crippen LogP contribution < -0.4 is 5.19 Å². The number of isocyanates is 1. The molecule has 0 atom stereocenters. The van der Waals surface area contributed by atoms with Gasteiger partial charge in [0.15, 0.2) is 0 Å². The van der Waals surface area contributed by atoms with E-state index in [1.807, 2.05) is 18.2 Å². The highest BCUT2D eigenvalue weighted by atomic mass is 28.4. The second-order valence-corrected chi connectivity index (χ2v) is 7.47. The van der Waals surface area contributed by atoms with Crippen LogP contribution in [0.3, 0.4) is 0 Å². The fourth-order valence-electron chi connectivity index (χ4n) is 1.12. The Labute approximate surface area is 84.6 Å². The van der Waals surface area contributed by atoms with Gasteiger partial charge in [0.2, 0.25) is 14.4 Å². The van der Waals surface area contributed by atoms with E-state index < -0.39 is 8.32 Å². The number of rotatable bonds is 3. The van der Waals surface area contributed by atoms with E-state index in [1.54, 1.807) is 13.2 Å². The first-order chi connectivity index (χ1) is 6.60. The van der Waals surface area contributed by atoms with Gasteiger partial charge in [-0.1, -0.05) is 12.1 Å². The first-order valence-corrected chi connectivity index (χ1v) is 7.24. The van der Waals surface area contributed by atoms with E-state index >= 15 is 0 Å². The van der Waals surface area contributed by atoms with Crippen LogP contribution in [-0.2, 0) is 9.22 Å². The molecule has 0 saturated carbocycles. The Balaban J connectivity index is 3.11. The molecule has 0 spiro atoms. The van der Waals surface area contributed by atoms with Gasteiger partial charge in [-0.05, 0) is 30.4 Å². The lowest BCUT2D eigenvalue weighted by atomic mass is 10.3. The lowest BCUT2D eigenvalue weighted by molar-refractivity contribution is 0.416. The Kier molecular flexibility index (Phi) is 3.36. The average molecular weight is 207 g/mol. The summed E-state index contributed by atoms with van der Waals surface area (Å²) in [6, 6.07) is 7.52. The first-order valence-electron chi connectivity index (χ1n) is 4.34. The van der Waals surface area contributed by atoms with Gasteiger partial charge < -0.3 is 4.43 Å². The number of carbonyl (C=O) groups excluding carboxylic acids is 1. The van der Waals surface area contributed by atoms with E-state index in [0.717, 1.165) is 5.19 Å². The Morgan fingerprint density at radius 3 is 2.71 bits per heavy atom. The van der Waals surface area contributed by atoms with Crippen molar-refractivity contribution in [1.82, 2.24) is 0 Å². The van der Waals surface area contributed by atoms with Gasteiger partial charge in [0.05, 0.1) is 5.69 Å². The largest absolute Gasteiger partial charge is 0.416 e. The molecule has 0 aliphatic rings. The van der Waals surface area contributed by atoms with E-state index in [9.17, 15) is 4.79 Å². The molecule has 0 unspecified atom stereocenters. The summed E-state index contributed by atoms with van der Waals surface area (Å²) in [4.78, 5) is 13.7. The maximum Gasteiger partial charge on any atom is 0.240 e. The molecule has 0 saturated heterocycles. The van der Waals surface area contributed by atoms with E-state index in [0.29, 0.717) is 5.69 Å². The van der Waals surface area contributed by atoms with Gasteiger partial charge >= 0.3 is 0 Å². The normalized spacial score (nSPS) is 10.8. The molecule has 4 heteroatoms. The third kappa shape index (κ3) is 2.39. The molecule has 1 rings (SSSR count). The fourth-order valence-corrected chi connectivity index (χ4v) is 2.35. The Hall–Kier alpha value is -1.22. The summed E-state index contributed by atoms with van der Waals surface area (Å²) in [7, 11) is -0.0934. The zero-order valence-electron chi connectivity index (χ0n) is 8.57. The Morgan fingerprint density at radius 1 is 1.43 bits per heavy atom. The molecule has 0 aliphatic heterocycles. The number of hydrogen-bond donors (Lipinski definition) is 0. The van der Waals surface area contributed by atoms with Gasteiger partial charge in [0.1, 0.15) is 0 Å². The topological polar surface area (TPSA) is 38.7 Å². The van der Waals surface area contributed by atoms with E-state index in [1.165, 1.54) is 6.08 Å². The van der Waals surface area contributed by atoms with Crippen molar-refractivity contribution < 1.29 is 9.22 Å². The lowest BCUT2D eigenvalue weighted by Gasteiger charge is -2.20. The minimum atomic E-state index is -1.80. The van der Waals surface area contributed by atoms with Crippen LogP contribution in [0.25, 0.3) is 0 Å². The minimum Gasteiger partial charge on any atom is -0.416 e. The van der Waals surface area contributed by atoms with Crippen LogP contribution in [0.5, 0.6) is 0 Å². The molecule has 0 bridgehead atoms. The van der Waals surface area contributed by atoms with Crippen molar-refractivity contribution >= 4 is 25.3 Å². The van der Waals surface area contributed by atoms with Crippen molar-refractivity contribution in [2.45, 2.75) is 13.1 Å². The highest BCUT2D eigenvalue weighted by molar-refractivity contribution is 6.84. The summed E-state index contributed by atoms with van der Waals surface area (Å²) in [6.07, 6.45) is 1.53. The molecular weight excluding hydrogens is 194 g/mol. The second-order valence-electron chi connectivity index (χ2n) is 3.47. The molecule has 0 aliphatic carbocycles. The monoisotopic (exact) mass is 207 g/mol. The third-order valence-electron chi connectivity index (χ3n) is 2.23. The number of benzene rings is 1. The summed E-state index contributed by atoms with van der Waals surface area (Å²) < 4.78 is 5.46. The van der Waals surface area contributed by atoms with E-state index in [-0.39, 0.29) is 0 Å². The van der Waals surface area contributed by atoms with Crippen LogP contribution in [-0.4, -0.2) is 21.5 Å². The Bertz CT molecular complexity index is 370. The van der Waals surface area contributed by atoms with E-state index in [2.05, 4.69) is 18.1 Å². The van der Waals surface area contributed by atoms with Gasteiger partial charge in [-0.25, -0.2) is 4.79 Å². The third-order valence-corrected chi connectivity index (χ3v) is 4.95. The number of aliphatic imine (C=N–C) groups is 1. The number of hydrogen-bond acceptors (Lipinski definition) is 3. The summed E-state index contributed by atoms with van der Waals surface area (Å²) in [5, 5.41) is 1.12. The highest BCUT2D eigenvalue weighted by Crippen LogP contribution is 2.11. The lowest BCUT2D eigenvalue weighted by Crippen LogP contribution is -2.43. The molecule has 0 fully saturated rings. The highest BCUT2D eigenvalue weighted by Gasteiger charge is 2.23. The molecule has 74 valence electrons. The Morgan fingerprint density at radius 2 is 2.14 bits per heavy atom. The van der Waals surface area contributed by atoms with Gasteiger partial charge in [0.25, 0.3) is 0 Å². The SMILES string of the molecule is CO[Si](C)(C)c1cccc(N=C=O)c1. The smallest absolute Gasteiger partial charge is 0.240 e. The van der Waals surface area contributed by atoms with Crippen LogP contribution in [0.1, 0.15) is 0 Å². The quantitative estimate of drug-likeness (QED) is 0.430. The standard InChI is InChI=1S/C10H13NO2Si/c1-13-14(2,3)10-6-4-5-9(7-10)11-8-12/h4-7H,1-3H3. The summed E-state index contributed by atoms with van der Waals surface area (Å²) in [5.74, 6) is 0. The van der Waals surface area contributed by atoms with Crippen molar-refractivity contribution in [3.63, 3.8) is 0 Å². The predicted octanol–water partition coefficient (Wildman–Crippen LogP) is 1.71. The second kappa shape index (κ2) is 4.33. The van der Waals surface area contributed by atoms with Crippen molar-refractivity contribution in [2.75, 3.05) is 7.11 Å². The molecule has 0 amide bonds. The molecular formula is C10H13NO2Si. The van der Waals surface area contributed by atoms with Crippen molar-refractivity contribution in [1.29, 1.82) is 0 Å². The van der Waals surface area contributed by atoms with Crippen molar-refractivity contribution in [2.24, 2.45) is 4.99 Å². The minimum absolute atomic E-state index is 0.634. The maximum atomic E-state index is 10.1. The molecule has 0 radical (unpaired) electrons. The fraction of sp³-hybridized carbons (Fsp3) is 0.300. The van der Waals surface area contributed by atoms with Gasteiger partial charge in [-0.3, -0.25) is 0 Å². The molecule has 3 nitrogen and oxygen atoms in total. The number of nitrogens with zero attached hydrogens (tertiary/aromatic N) is 1. The maximum absolute atomic E-state index is 10.1. The zero-order valence-corrected chi connectivity index (χ0v) is 9.57. The average Bonchev–Trinajstić information content (AvgIpc) is 2.19. The van der Waals surface area contributed by atoms with Crippen LogP contribution in [0.2, 0.25) is 13.1 Å². The first kappa shape index (κ1) is 10.9. The molecule has 1 aromatic rings. The summed E-state index contributed by atoms with van der Waals surface area (Å²) in [5.41, 5.74) is 0.634. The van der Waals surface area contributed by atoms with Crippen LogP contribution in [0, 0.1) is 0 Å². The van der Waals surface area contributed by atoms with Gasteiger partial charge in [-0.2, -0.15) is 4.99 Å². The van der Waals surface area contributed by atoms with Crippen molar-refractivity contribution in [3.05, 3.63) is 24.3 Å². The summed E-state index contributed by atoms with van der Waals surface area (Å²) in [6.45, 7) is 4.19. The summed E-state index contributed by atoms with van der Waals surface area (Å²) >= 11 is 0. The van der Waals surface area contributed by atoms with Crippen LogP contribution in [0.15, 0.2) is 29.3 Å². The molecule has 0 N–H and O–H groups in total. The van der Waals surface area contributed by atoms with Gasteiger partial charge in [0, 0.05) is 7.11 Å². The molecule has 1 aromatic carbocycles.